The molecule has 0 bridgehead atoms. The molecule has 1 atom stereocenters. The van der Waals surface area contributed by atoms with Crippen LogP contribution in [0.1, 0.15) is 0 Å². The predicted molar refractivity (Wildman–Crippen MR) is 30.7 cm³/mol. The van der Waals surface area contributed by atoms with Crippen LogP contribution in [-0.4, -0.2) is 28.1 Å². The van der Waals surface area contributed by atoms with Gasteiger partial charge in [0.1, 0.15) is 6.34 Å². The molecule has 1 heterocycles. The molecule has 1 unspecified atom stereocenters. The van der Waals surface area contributed by atoms with Crippen molar-refractivity contribution in [1.82, 2.24) is 0 Å². The van der Waals surface area contributed by atoms with Crippen LogP contribution < -0.4 is 0 Å². The fourth-order valence-electron chi connectivity index (χ4n) is 0.498. The predicted octanol–water partition coefficient (Wildman–Crippen LogP) is -0.504. The number of nitrogens with zero attached hydrogens (tertiary/aromatic N) is 4. The Morgan fingerprint density at radius 1 is 1.73 bits per heavy atom. The molecule has 0 saturated carbocycles. The summed E-state index contributed by atoms with van der Waals surface area (Å²) in [6.07, 6.45) is 0.733. The second-order valence-corrected chi connectivity index (χ2v) is 1.66. The molecule has 0 saturated heterocycles. The van der Waals surface area contributed by atoms with Gasteiger partial charge in [0.25, 0.3) is 0 Å². The van der Waals surface area contributed by atoms with E-state index in [0.717, 1.165) is 6.34 Å². The van der Waals surface area contributed by atoms with Gasteiger partial charge in [0.2, 0.25) is 0 Å². The normalized spacial score (nSPS) is 27.3. The van der Waals surface area contributed by atoms with Crippen molar-refractivity contribution in [2.24, 2.45) is 15.2 Å². The number of hydrogen-bond donors (Lipinski definition) is 1. The van der Waals surface area contributed by atoms with Crippen LogP contribution in [0, 0.1) is 10.1 Å². The Hall–Kier alpha value is -1.86. The first-order valence-corrected chi connectivity index (χ1v) is 2.43. The highest BCUT2D eigenvalue weighted by Gasteiger charge is 2.54. The van der Waals surface area contributed by atoms with E-state index in [4.69, 9.17) is 5.11 Å². The first-order chi connectivity index (χ1) is 5.09. The Morgan fingerprint density at radius 3 is 2.55 bits per heavy atom. The number of aliphatic carboxylic acids is 1. The highest BCUT2D eigenvalue weighted by Crippen LogP contribution is 2.18. The Balaban J connectivity index is 3.09. The summed E-state index contributed by atoms with van der Waals surface area (Å²) in [7, 11) is 0. The lowest BCUT2D eigenvalue weighted by Gasteiger charge is -2.04. The largest absolute Gasteiger partial charge is 0.527 e. The van der Waals surface area contributed by atoms with Crippen molar-refractivity contribution < 1.29 is 14.8 Å². The van der Waals surface area contributed by atoms with Crippen LogP contribution in [-0.2, 0) is 4.79 Å². The Morgan fingerprint density at radius 2 is 2.36 bits per heavy atom. The van der Waals surface area contributed by atoms with Crippen LogP contribution in [0.4, 0.5) is 0 Å². The average molecular weight is 158 g/mol. The monoisotopic (exact) mass is 158 g/mol. The summed E-state index contributed by atoms with van der Waals surface area (Å²) < 4.78 is 0. The zero-order valence-corrected chi connectivity index (χ0v) is 5.04. The quantitative estimate of drug-likeness (QED) is 0.430. The topological polar surface area (TPSA) is 118 Å². The minimum atomic E-state index is -2.64. The first-order valence-electron chi connectivity index (χ1n) is 2.43. The van der Waals surface area contributed by atoms with E-state index in [1.54, 1.807) is 0 Å². The van der Waals surface area contributed by atoms with Crippen LogP contribution in [0.2, 0.25) is 0 Å². The lowest BCUT2D eigenvalue weighted by atomic mass is 10.4. The maximum Gasteiger partial charge on any atom is 0.527 e. The fraction of sp³-hybridized carbons (Fsp3) is 0.333. The summed E-state index contributed by atoms with van der Waals surface area (Å²) in [5.41, 5.74) is 0. The Bertz CT molecular complexity index is 241. The molecule has 0 aliphatic carbocycles. The van der Waals surface area contributed by atoms with Crippen LogP contribution >= 0.6 is 0 Å². The minimum absolute atomic E-state index is 0.733. The molecule has 1 aliphatic rings. The number of azo groups is 1. The van der Waals surface area contributed by atoms with Gasteiger partial charge in [-0.25, -0.2) is 4.79 Å². The summed E-state index contributed by atoms with van der Waals surface area (Å²) in [6, 6.07) is 0. The summed E-state index contributed by atoms with van der Waals surface area (Å²) >= 11 is 0. The molecule has 1 rings (SSSR count). The molecule has 0 aromatic carbocycles. The van der Waals surface area contributed by atoms with Gasteiger partial charge < -0.3 is 5.11 Å². The van der Waals surface area contributed by atoms with E-state index in [1.807, 2.05) is 0 Å². The maximum atomic E-state index is 10.3. The second-order valence-electron chi connectivity index (χ2n) is 1.66. The Kier molecular flexibility index (Phi) is 1.37. The summed E-state index contributed by atoms with van der Waals surface area (Å²) in [6.45, 7) is 0. The van der Waals surface area contributed by atoms with Gasteiger partial charge in [-0.3, -0.25) is 10.1 Å². The molecule has 0 fully saturated rings. The molecule has 0 spiro atoms. The van der Waals surface area contributed by atoms with Crippen LogP contribution in [0.3, 0.4) is 0 Å². The highest BCUT2D eigenvalue weighted by atomic mass is 16.6. The summed E-state index contributed by atoms with van der Waals surface area (Å²) in [5.74, 6) is -4.39. The number of rotatable bonds is 2. The molecule has 1 aliphatic heterocycles. The third-order valence-corrected chi connectivity index (χ3v) is 1.03. The summed E-state index contributed by atoms with van der Waals surface area (Å²) in [5, 5.41) is 24.3. The van der Waals surface area contributed by atoms with Crippen molar-refractivity contribution in [3.05, 3.63) is 10.1 Å². The molecule has 8 heteroatoms. The fourth-order valence-corrected chi connectivity index (χ4v) is 0.498. The van der Waals surface area contributed by atoms with Gasteiger partial charge in [-0.05, 0) is 0 Å². The van der Waals surface area contributed by atoms with Crippen LogP contribution in [0.15, 0.2) is 15.2 Å². The maximum absolute atomic E-state index is 10.3. The molecule has 0 radical (unpaired) electrons. The van der Waals surface area contributed by atoms with E-state index in [2.05, 4.69) is 15.2 Å². The lowest BCUT2D eigenvalue weighted by molar-refractivity contribution is -0.551. The number of carbonyl (C=O) groups is 1. The molecule has 0 amide bonds. The van der Waals surface area contributed by atoms with Gasteiger partial charge in [0, 0.05) is 0 Å². The molecule has 58 valence electrons. The van der Waals surface area contributed by atoms with Gasteiger partial charge >= 0.3 is 11.8 Å². The molecular weight excluding hydrogens is 156 g/mol. The third-order valence-electron chi connectivity index (χ3n) is 1.03. The van der Waals surface area contributed by atoms with Crippen molar-refractivity contribution in [2.45, 2.75) is 5.79 Å². The molecule has 0 aromatic rings. The van der Waals surface area contributed by atoms with Gasteiger partial charge in [0.15, 0.2) is 0 Å². The number of carboxylic acids is 1. The van der Waals surface area contributed by atoms with Crippen molar-refractivity contribution in [3.8, 4) is 0 Å². The van der Waals surface area contributed by atoms with Crippen LogP contribution in [0.25, 0.3) is 0 Å². The van der Waals surface area contributed by atoms with Crippen molar-refractivity contribution >= 4 is 12.3 Å². The number of nitro groups is 1. The highest BCUT2D eigenvalue weighted by molar-refractivity contribution is 5.79. The third kappa shape index (κ3) is 0.838. The Labute approximate surface area is 59.4 Å². The van der Waals surface area contributed by atoms with Gasteiger partial charge in [-0.2, -0.15) is 4.99 Å². The van der Waals surface area contributed by atoms with E-state index in [9.17, 15) is 14.9 Å². The zero-order chi connectivity index (χ0) is 8.48. The first kappa shape index (κ1) is 7.25. The van der Waals surface area contributed by atoms with E-state index >= 15 is 0 Å². The second kappa shape index (κ2) is 2.08. The molecule has 11 heavy (non-hydrogen) atoms. The zero-order valence-electron chi connectivity index (χ0n) is 5.04. The van der Waals surface area contributed by atoms with Gasteiger partial charge in [0.05, 0.1) is 4.92 Å². The van der Waals surface area contributed by atoms with E-state index in [0.29, 0.717) is 0 Å². The van der Waals surface area contributed by atoms with E-state index < -0.39 is 16.7 Å². The van der Waals surface area contributed by atoms with E-state index in [-0.39, 0.29) is 0 Å². The lowest BCUT2D eigenvalue weighted by Crippen LogP contribution is -2.41. The van der Waals surface area contributed by atoms with Crippen LogP contribution in [0.5, 0.6) is 0 Å². The van der Waals surface area contributed by atoms with Gasteiger partial charge in [-0.15, -0.1) is 5.11 Å². The molecule has 8 nitrogen and oxygen atoms in total. The van der Waals surface area contributed by atoms with E-state index in [1.165, 1.54) is 0 Å². The smallest absolute Gasteiger partial charge is 0.473 e. The van der Waals surface area contributed by atoms with Gasteiger partial charge in [-0.1, -0.05) is 5.11 Å². The number of carboxylic acid groups (broad SMARTS) is 1. The number of hydrogen-bond acceptors (Lipinski definition) is 6. The average Bonchev–Trinajstić information content (AvgIpc) is 2.34. The standard InChI is InChI=1S/C3H2N4O4/c8-2(9)3(7(10)11)4-1-5-6-3/h1H,(H,8,9). The van der Waals surface area contributed by atoms with Crippen molar-refractivity contribution in [3.63, 3.8) is 0 Å². The molecule has 0 aromatic heterocycles. The summed E-state index contributed by atoms with van der Waals surface area (Å²) in [4.78, 5) is 22.3. The van der Waals surface area contributed by atoms with Crippen molar-refractivity contribution in [1.29, 1.82) is 0 Å². The van der Waals surface area contributed by atoms with Crippen molar-refractivity contribution in [2.75, 3.05) is 0 Å². The molecular formula is C3H2N4O4. The SMILES string of the molecule is O=C(O)C1([N+](=O)[O-])N=CN=N1. The minimum Gasteiger partial charge on any atom is -0.473 e. The number of aliphatic imine (C=N–C) groups is 1. The molecule has 1 N–H and O–H groups in total.